The summed E-state index contributed by atoms with van der Waals surface area (Å²) in [6, 6.07) is 5.61. The van der Waals surface area contributed by atoms with Crippen molar-refractivity contribution in [3.8, 4) is 0 Å². The van der Waals surface area contributed by atoms with Gasteiger partial charge in [0, 0.05) is 22.1 Å². The zero-order valence-corrected chi connectivity index (χ0v) is 13.0. The van der Waals surface area contributed by atoms with Crippen molar-refractivity contribution in [2.75, 3.05) is 6.54 Å². The Bertz CT molecular complexity index is 435. The van der Waals surface area contributed by atoms with E-state index in [0.29, 0.717) is 10.0 Å². The lowest BCUT2D eigenvalue weighted by atomic mass is 10.0. The van der Waals surface area contributed by atoms with E-state index in [1.807, 2.05) is 26.8 Å². The van der Waals surface area contributed by atoms with Crippen LogP contribution in [0.5, 0.6) is 0 Å². The number of hydrogen-bond acceptors (Lipinski definition) is 2. The molecule has 0 bridgehead atoms. The summed E-state index contributed by atoms with van der Waals surface area (Å²) in [5.74, 6) is -0.0152. The Hall–Kier alpha value is -0.770. The molecule has 0 aliphatic heterocycles. The molecule has 0 saturated heterocycles. The Kier molecular flexibility index (Phi) is 6.63. The standard InChI is InChI=1S/C14H20Cl2N2O/c1-4-13(17-8-14(19)18-9(2)3)11-6-5-10(15)7-12(11)16/h5-7,9,13,17H,4,8H2,1-3H3,(H,18,19). The molecular weight excluding hydrogens is 283 g/mol. The highest BCUT2D eigenvalue weighted by Crippen LogP contribution is 2.27. The van der Waals surface area contributed by atoms with E-state index < -0.39 is 0 Å². The number of nitrogens with one attached hydrogen (secondary N) is 2. The van der Waals surface area contributed by atoms with Crippen LogP contribution in [0, 0.1) is 0 Å². The van der Waals surface area contributed by atoms with Gasteiger partial charge in [-0.25, -0.2) is 0 Å². The molecule has 1 aromatic rings. The average molecular weight is 303 g/mol. The van der Waals surface area contributed by atoms with Crippen molar-refractivity contribution in [3.05, 3.63) is 33.8 Å². The molecule has 0 aliphatic rings. The lowest BCUT2D eigenvalue weighted by Crippen LogP contribution is -2.38. The van der Waals surface area contributed by atoms with Crippen molar-refractivity contribution in [3.63, 3.8) is 0 Å². The molecule has 1 amide bonds. The van der Waals surface area contributed by atoms with Gasteiger partial charge in [0.05, 0.1) is 6.54 Å². The second-order valence-corrected chi connectivity index (χ2v) is 5.57. The Morgan fingerprint density at radius 2 is 2.00 bits per heavy atom. The molecule has 0 saturated carbocycles. The van der Waals surface area contributed by atoms with Gasteiger partial charge >= 0.3 is 0 Å². The summed E-state index contributed by atoms with van der Waals surface area (Å²) < 4.78 is 0. The molecule has 1 rings (SSSR count). The largest absolute Gasteiger partial charge is 0.353 e. The number of carbonyl (C=O) groups is 1. The van der Waals surface area contributed by atoms with Crippen LogP contribution >= 0.6 is 23.2 Å². The number of carbonyl (C=O) groups excluding carboxylic acids is 1. The van der Waals surface area contributed by atoms with Crippen LogP contribution in [-0.2, 0) is 4.79 Å². The number of hydrogen-bond donors (Lipinski definition) is 2. The van der Waals surface area contributed by atoms with Crippen LogP contribution in [-0.4, -0.2) is 18.5 Å². The maximum Gasteiger partial charge on any atom is 0.234 e. The first kappa shape index (κ1) is 16.3. The Labute approximate surface area is 124 Å². The summed E-state index contributed by atoms with van der Waals surface area (Å²) in [4.78, 5) is 11.6. The molecule has 3 nitrogen and oxygen atoms in total. The van der Waals surface area contributed by atoms with Gasteiger partial charge in [-0.15, -0.1) is 0 Å². The van der Waals surface area contributed by atoms with E-state index in [1.165, 1.54) is 0 Å². The summed E-state index contributed by atoms with van der Waals surface area (Å²) in [6.45, 7) is 6.19. The van der Waals surface area contributed by atoms with E-state index in [0.717, 1.165) is 12.0 Å². The fourth-order valence-corrected chi connectivity index (χ4v) is 2.39. The SMILES string of the molecule is CCC(NCC(=O)NC(C)C)c1ccc(Cl)cc1Cl. The van der Waals surface area contributed by atoms with Crippen LogP contribution in [0.3, 0.4) is 0 Å². The molecule has 5 heteroatoms. The summed E-state index contributed by atoms with van der Waals surface area (Å²) in [5, 5.41) is 7.29. The van der Waals surface area contributed by atoms with E-state index >= 15 is 0 Å². The molecule has 0 radical (unpaired) electrons. The van der Waals surface area contributed by atoms with Crippen LogP contribution in [0.25, 0.3) is 0 Å². The quantitative estimate of drug-likeness (QED) is 0.843. The number of rotatable bonds is 6. The smallest absolute Gasteiger partial charge is 0.234 e. The summed E-state index contributed by atoms with van der Waals surface area (Å²) in [6.07, 6.45) is 0.844. The first-order valence-electron chi connectivity index (χ1n) is 6.41. The molecule has 1 unspecified atom stereocenters. The van der Waals surface area contributed by atoms with Crippen molar-refractivity contribution in [2.45, 2.75) is 39.3 Å². The lowest BCUT2D eigenvalue weighted by Gasteiger charge is -2.19. The number of amides is 1. The van der Waals surface area contributed by atoms with Gasteiger partial charge in [0.25, 0.3) is 0 Å². The van der Waals surface area contributed by atoms with E-state index in [2.05, 4.69) is 10.6 Å². The second-order valence-electron chi connectivity index (χ2n) is 4.73. The Morgan fingerprint density at radius 3 is 2.53 bits per heavy atom. The maximum absolute atomic E-state index is 11.6. The number of halogens is 2. The first-order valence-corrected chi connectivity index (χ1v) is 7.17. The summed E-state index contributed by atoms with van der Waals surface area (Å²) in [5.41, 5.74) is 0.964. The van der Waals surface area contributed by atoms with Crippen molar-refractivity contribution in [1.29, 1.82) is 0 Å². The van der Waals surface area contributed by atoms with Gasteiger partial charge in [-0.1, -0.05) is 36.2 Å². The van der Waals surface area contributed by atoms with E-state index in [4.69, 9.17) is 23.2 Å². The minimum absolute atomic E-state index is 0.0152. The van der Waals surface area contributed by atoms with Gasteiger partial charge < -0.3 is 10.6 Å². The van der Waals surface area contributed by atoms with Crippen LogP contribution < -0.4 is 10.6 Å². The van der Waals surface area contributed by atoms with Crippen LogP contribution in [0.4, 0.5) is 0 Å². The van der Waals surface area contributed by atoms with Crippen molar-refractivity contribution in [1.82, 2.24) is 10.6 Å². The molecular formula is C14H20Cl2N2O. The van der Waals surface area contributed by atoms with Crippen LogP contribution in [0.15, 0.2) is 18.2 Å². The van der Waals surface area contributed by atoms with E-state index in [-0.39, 0.29) is 24.5 Å². The van der Waals surface area contributed by atoms with Crippen LogP contribution in [0.1, 0.15) is 38.8 Å². The average Bonchev–Trinajstić information content (AvgIpc) is 2.31. The molecule has 1 atom stereocenters. The zero-order chi connectivity index (χ0) is 14.4. The topological polar surface area (TPSA) is 41.1 Å². The fourth-order valence-electron chi connectivity index (χ4n) is 1.85. The maximum atomic E-state index is 11.6. The highest BCUT2D eigenvalue weighted by atomic mass is 35.5. The van der Waals surface area contributed by atoms with Gasteiger partial charge in [0.1, 0.15) is 0 Å². The fraction of sp³-hybridized carbons (Fsp3) is 0.500. The monoisotopic (exact) mass is 302 g/mol. The first-order chi connectivity index (χ1) is 8.93. The van der Waals surface area contributed by atoms with E-state index in [1.54, 1.807) is 12.1 Å². The number of benzene rings is 1. The van der Waals surface area contributed by atoms with Crippen LogP contribution in [0.2, 0.25) is 10.0 Å². The van der Waals surface area contributed by atoms with Gasteiger partial charge in [0.2, 0.25) is 5.91 Å². The third-order valence-corrected chi connectivity index (χ3v) is 3.27. The second kappa shape index (κ2) is 7.73. The Morgan fingerprint density at radius 1 is 1.32 bits per heavy atom. The third-order valence-electron chi connectivity index (χ3n) is 2.70. The molecule has 0 heterocycles. The predicted octanol–water partition coefficient (Wildman–Crippen LogP) is 3.56. The third kappa shape index (κ3) is 5.39. The van der Waals surface area contributed by atoms with Gasteiger partial charge in [-0.2, -0.15) is 0 Å². The summed E-state index contributed by atoms with van der Waals surface area (Å²) in [7, 11) is 0. The van der Waals surface area contributed by atoms with E-state index in [9.17, 15) is 4.79 Å². The molecule has 106 valence electrons. The normalized spacial score (nSPS) is 12.5. The molecule has 0 aliphatic carbocycles. The summed E-state index contributed by atoms with van der Waals surface area (Å²) >= 11 is 12.1. The molecule has 2 N–H and O–H groups in total. The molecule has 0 fully saturated rings. The van der Waals surface area contributed by atoms with Crippen molar-refractivity contribution in [2.24, 2.45) is 0 Å². The highest BCUT2D eigenvalue weighted by molar-refractivity contribution is 6.35. The van der Waals surface area contributed by atoms with Crippen molar-refractivity contribution >= 4 is 29.1 Å². The minimum atomic E-state index is -0.0152. The van der Waals surface area contributed by atoms with Crippen molar-refractivity contribution < 1.29 is 4.79 Å². The molecule has 1 aromatic carbocycles. The lowest BCUT2D eigenvalue weighted by molar-refractivity contribution is -0.120. The predicted molar refractivity (Wildman–Crippen MR) is 80.8 cm³/mol. The van der Waals surface area contributed by atoms with Gasteiger partial charge in [-0.3, -0.25) is 4.79 Å². The highest BCUT2D eigenvalue weighted by Gasteiger charge is 2.14. The molecule has 0 spiro atoms. The zero-order valence-electron chi connectivity index (χ0n) is 11.5. The molecule has 0 aromatic heterocycles. The Balaban J connectivity index is 2.65. The van der Waals surface area contributed by atoms with Gasteiger partial charge in [-0.05, 0) is 38.0 Å². The molecule has 19 heavy (non-hydrogen) atoms. The minimum Gasteiger partial charge on any atom is -0.353 e. The van der Waals surface area contributed by atoms with Gasteiger partial charge in [0.15, 0.2) is 0 Å².